The van der Waals surface area contributed by atoms with Gasteiger partial charge in [0, 0.05) is 5.69 Å². The van der Waals surface area contributed by atoms with E-state index in [9.17, 15) is 14.7 Å². The molecule has 1 amide bonds. The number of carbonyl (C=O) groups is 2. The third-order valence-corrected chi connectivity index (χ3v) is 3.39. The van der Waals surface area contributed by atoms with E-state index < -0.39 is 12.0 Å². The van der Waals surface area contributed by atoms with Gasteiger partial charge in [-0.05, 0) is 37.9 Å². The van der Waals surface area contributed by atoms with Crippen molar-refractivity contribution in [3.8, 4) is 0 Å². The maximum absolute atomic E-state index is 12.1. The van der Waals surface area contributed by atoms with E-state index >= 15 is 0 Å². The first kappa shape index (κ1) is 17.2. The normalized spacial score (nSPS) is 12.2. The lowest BCUT2D eigenvalue weighted by Crippen LogP contribution is -2.45. The van der Waals surface area contributed by atoms with Gasteiger partial charge in [-0.1, -0.05) is 32.0 Å². The summed E-state index contributed by atoms with van der Waals surface area (Å²) in [5.41, 5.74) is 1.75. The first-order valence-corrected chi connectivity index (χ1v) is 7.31. The van der Waals surface area contributed by atoms with Crippen LogP contribution in [0.3, 0.4) is 0 Å². The number of rotatable bonds is 8. The Balaban J connectivity index is 2.72. The quantitative estimate of drug-likeness (QED) is 0.772. The molecule has 2 N–H and O–H groups in total. The fourth-order valence-corrected chi connectivity index (χ4v) is 2.31. The van der Waals surface area contributed by atoms with Gasteiger partial charge in [0.15, 0.2) is 0 Å². The third-order valence-electron chi connectivity index (χ3n) is 3.39. The van der Waals surface area contributed by atoms with Crippen LogP contribution in [0.5, 0.6) is 0 Å². The molecular formula is C16H24N2O3. The van der Waals surface area contributed by atoms with Crippen LogP contribution in [0.2, 0.25) is 0 Å². The summed E-state index contributed by atoms with van der Waals surface area (Å²) in [6.45, 7) is 6.39. The molecule has 0 fully saturated rings. The third kappa shape index (κ3) is 5.19. The topological polar surface area (TPSA) is 69.6 Å². The van der Waals surface area contributed by atoms with E-state index in [-0.39, 0.29) is 12.5 Å². The second-order valence-electron chi connectivity index (χ2n) is 5.10. The SMILES string of the molecule is CCCN(CC(=O)Nc1ccccc1C)C(CC)C(=O)O. The Labute approximate surface area is 126 Å². The van der Waals surface area contributed by atoms with Gasteiger partial charge < -0.3 is 10.4 Å². The molecule has 0 bridgehead atoms. The second-order valence-corrected chi connectivity index (χ2v) is 5.10. The highest BCUT2D eigenvalue weighted by atomic mass is 16.4. The fourth-order valence-electron chi connectivity index (χ4n) is 2.31. The van der Waals surface area contributed by atoms with Crippen molar-refractivity contribution in [2.45, 2.75) is 39.7 Å². The Morgan fingerprint density at radius 3 is 2.48 bits per heavy atom. The molecule has 1 unspecified atom stereocenters. The molecule has 0 aliphatic carbocycles. The number of aryl methyl sites for hydroxylation is 1. The predicted octanol–water partition coefficient (Wildman–Crippen LogP) is 2.51. The zero-order chi connectivity index (χ0) is 15.8. The number of para-hydroxylation sites is 1. The van der Waals surface area contributed by atoms with E-state index in [1.165, 1.54) is 0 Å². The van der Waals surface area contributed by atoms with Gasteiger partial charge in [-0.2, -0.15) is 0 Å². The molecule has 0 spiro atoms. The molecule has 0 saturated carbocycles. The lowest BCUT2D eigenvalue weighted by molar-refractivity contribution is -0.143. The molecule has 0 aliphatic rings. The van der Waals surface area contributed by atoms with Crippen LogP contribution in [-0.2, 0) is 9.59 Å². The van der Waals surface area contributed by atoms with E-state index in [0.29, 0.717) is 13.0 Å². The maximum Gasteiger partial charge on any atom is 0.320 e. The van der Waals surface area contributed by atoms with E-state index in [4.69, 9.17) is 0 Å². The number of carbonyl (C=O) groups excluding carboxylic acids is 1. The number of aliphatic carboxylic acids is 1. The summed E-state index contributed by atoms with van der Waals surface area (Å²) in [6.07, 6.45) is 1.29. The maximum atomic E-state index is 12.1. The minimum absolute atomic E-state index is 0.0903. The number of benzene rings is 1. The number of hydrogen-bond acceptors (Lipinski definition) is 3. The van der Waals surface area contributed by atoms with Crippen molar-refractivity contribution in [2.24, 2.45) is 0 Å². The number of carboxylic acid groups (broad SMARTS) is 1. The largest absolute Gasteiger partial charge is 0.480 e. The van der Waals surface area contributed by atoms with Crippen LogP contribution in [0.15, 0.2) is 24.3 Å². The monoisotopic (exact) mass is 292 g/mol. The zero-order valence-electron chi connectivity index (χ0n) is 12.9. The van der Waals surface area contributed by atoms with Crippen molar-refractivity contribution in [1.82, 2.24) is 4.90 Å². The average Bonchev–Trinajstić information content (AvgIpc) is 2.42. The van der Waals surface area contributed by atoms with Gasteiger partial charge in [-0.15, -0.1) is 0 Å². The van der Waals surface area contributed by atoms with Crippen molar-refractivity contribution in [2.75, 3.05) is 18.4 Å². The lowest BCUT2D eigenvalue weighted by atomic mass is 10.1. The molecule has 0 aromatic heterocycles. The Hall–Kier alpha value is -1.88. The van der Waals surface area contributed by atoms with Gasteiger partial charge in [0.1, 0.15) is 6.04 Å². The molecule has 5 heteroatoms. The zero-order valence-corrected chi connectivity index (χ0v) is 12.9. The van der Waals surface area contributed by atoms with Crippen LogP contribution in [0, 0.1) is 6.92 Å². The molecule has 0 saturated heterocycles. The summed E-state index contributed by atoms with van der Waals surface area (Å²) in [7, 11) is 0. The molecule has 1 aromatic rings. The van der Waals surface area contributed by atoms with E-state index in [0.717, 1.165) is 17.7 Å². The van der Waals surface area contributed by atoms with Crippen LogP contribution < -0.4 is 5.32 Å². The van der Waals surface area contributed by atoms with Crippen molar-refractivity contribution in [1.29, 1.82) is 0 Å². The van der Waals surface area contributed by atoms with Gasteiger partial charge in [0.2, 0.25) is 5.91 Å². The summed E-state index contributed by atoms with van der Waals surface area (Å²) < 4.78 is 0. The highest BCUT2D eigenvalue weighted by Crippen LogP contribution is 2.13. The summed E-state index contributed by atoms with van der Waals surface area (Å²) in [5.74, 6) is -1.06. The van der Waals surface area contributed by atoms with Crippen molar-refractivity contribution >= 4 is 17.6 Å². The number of nitrogens with one attached hydrogen (secondary N) is 1. The summed E-state index contributed by atoms with van der Waals surface area (Å²) >= 11 is 0. The standard InChI is InChI=1S/C16H24N2O3/c1-4-10-18(14(5-2)16(20)21)11-15(19)17-13-9-7-6-8-12(13)3/h6-9,14H,4-5,10-11H2,1-3H3,(H,17,19)(H,20,21). The number of carboxylic acids is 1. The van der Waals surface area contributed by atoms with Crippen LogP contribution in [0.25, 0.3) is 0 Å². The minimum atomic E-state index is -0.880. The minimum Gasteiger partial charge on any atom is -0.480 e. The second kappa shape index (κ2) is 8.42. The van der Waals surface area contributed by atoms with E-state index in [2.05, 4.69) is 5.32 Å². The first-order valence-electron chi connectivity index (χ1n) is 7.31. The molecule has 0 aliphatic heterocycles. The Bertz CT molecular complexity index is 488. The van der Waals surface area contributed by atoms with E-state index in [1.807, 2.05) is 45.0 Å². The molecule has 1 atom stereocenters. The summed E-state index contributed by atoms with van der Waals surface area (Å²) in [5, 5.41) is 12.1. The Morgan fingerprint density at radius 1 is 1.29 bits per heavy atom. The van der Waals surface area contributed by atoms with Gasteiger partial charge in [-0.3, -0.25) is 14.5 Å². The highest BCUT2D eigenvalue weighted by Gasteiger charge is 2.25. The summed E-state index contributed by atoms with van der Waals surface area (Å²) in [4.78, 5) is 25.1. The van der Waals surface area contributed by atoms with Crippen molar-refractivity contribution in [3.05, 3.63) is 29.8 Å². The molecule has 0 heterocycles. The number of amides is 1. The van der Waals surface area contributed by atoms with Gasteiger partial charge >= 0.3 is 5.97 Å². The van der Waals surface area contributed by atoms with Gasteiger partial charge in [0.05, 0.1) is 6.54 Å². The number of hydrogen-bond donors (Lipinski definition) is 2. The molecule has 1 aromatic carbocycles. The molecule has 116 valence electrons. The molecule has 1 rings (SSSR count). The van der Waals surface area contributed by atoms with Crippen LogP contribution in [0.1, 0.15) is 32.3 Å². The Morgan fingerprint density at radius 2 is 1.95 bits per heavy atom. The Kier molecular flexibility index (Phi) is 6.88. The van der Waals surface area contributed by atoms with Crippen LogP contribution in [0.4, 0.5) is 5.69 Å². The smallest absolute Gasteiger partial charge is 0.320 e. The van der Waals surface area contributed by atoms with Crippen LogP contribution in [-0.4, -0.2) is 41.0 Å². The fraction of sp³-hybridized carbons (Fsp3) is 0.500. The molecule has 5 nitrogen and oxygen atoms in total. The average molecular weight is 292 g/mol. The lowest BCUT2D eigenvalue weighted by Gasteiger charge is -2.27. The number of nitrogens with zero attached hydrogens (tertiary/aromatic N) is 1. The van der Waals surface area contributed by atoms with Crippen LogP contribution >= 0.6 is 0 Å². The molecule has 0 radical (unpaired) electrons. The summed E-state index contributed by atoms with van der Waals surface area (Å²) in [6, 6.07) is 6.91. The predicted molar refractivity (Wildman–Crippen MR) is 83.4 cm³/mol. The first-order chi connectivity index (χ1) is 9.99. The number of anilines is 1. The van der Waals surface area contributed by atoms with Gasteiger partial charge in [0.25, 0.3) is 0 Å². The highest BCUT2D eigenvalue weighted by molar-refractivity contribution is 5.93. The van der Waals surface area contributed by atoms with Crippen molar-refractivity contribution in [3.63, 3.8) is 0 Å². The molecular weight excluding hydrogens is 268 g/mol. The van der Waals surface area contributed by atoms with Gasteiger partial charge in [-0.25, -0.2) is 0 Å². The van der Waals surface area contributed by atoms with Crippen molar-refractivity contribution < 1.29 is 14.7 Å². The van der Waals surface area contributed by atoms with E-state index in [1.54, 1.807) is 4.90 Å². The molecule has 21 heavy (non-hydrogen) atoms.